The second-order valence-corrected chi connectivity index (χ2v) is 5.14. The Morgan fingerprint density at radius 3 is 2.00 bits per heavy atom. The maximum absolute atomic E-state index is 3.79. The lowest BCUT2D eigenvalue weighted by atomic mass is 10.4. The molecule has 0 atom stereocenters. The molecule has 0 unspecified atom stereocenters. The molecule has 0 aliphatic rings. The van der Waals surface area contributed by atoms with Crippen molar-refractivity contribution in [1.82, 2.24) is 0 Å². The van der Waals surface area contributed by atoms with E-state index in [0.29, 0.717) is 0 Å². The summed E-state index contributed by atoms with van der Waals surface area (Å²) in [5, 5.41) is 1.44. The lowest BCUT2D eigenvalue weighted by Crippen LogP contribution is -2.03. The Morgan fingerprint density at radius 2 is 1.54 bits per heavy atom. The van der Waals surface area contributed by atoms with Gasteiger partial charge in [0.2, 0.25) is 0 Å². The molecule has 0 aromatic heterocycles. The van der Waals surface area contributed by atoms with Gasteiger partial charge in [-0.2, -0.15) is 0 Å². The van der Waals surface area contributed by atoms with Gasteiger partial charge in [-0.1, -0.05) is 50.4 Å². The van der Waals surface area contributed by atoms with E-state index >= 15 is 0 Å². The number of benzene rings is 1. The van der Waals surface area contributed by atoms with E-state index in [-0.39, 0.29) is 7.92 Å². The first-order valence-electron chi connectivity index (χ1n) is 4.40. The van der Waals surface area contributed by atoms with Gasteiger partial charge in [-0.3, -0.25) is 0 Å². The number of rotatable bonds is 5. The minimum atomic E-state index is -0.0921. The summed E-state index contributed by atoms with van der Waals surface area (Å²) in [5.74, 6) is 0. The van der Waals surface area contributed by atoms with E-state index < -0.39 is 0 Å². The molecule has 0 saturated carbocycles. The second kappa shape index (κ2) is 5.72. The first kappa shape index (κ1) is 10.2. The fourth-order valence-electron chi connectivity index (χ4n) is 1.24. The molecular formula is C12H15P. The van der Waals surface area contributed by atoms with Crippen molar-refractivity contribution in [3.05, 3.63) is 55.6 Å². The highest BCUT2D eigenvalue weighted by atomic mass is 31.1. The second-order valence-electron chi connectivity index (χ2n) is 2.82. The highest BCUT2D eigenvalue weighted by molar-refractivity contribution is 7.65. The third kappa shape index (κ3) is 3.16. The number of hydrogen-bond donors (Lipinski definition) is 0. The van der Waals surface area contributed by atoms with Gasteiger partial charge in [0.15, 0.2) is 0 Å². The van der Waals surface area contributed by atoms with Gasteiger partial charge < -0.3 is 0 Å². The molecule has 0 saturated heterocycles. The van der Waals surface area contributed by atoms with Gasteiger partial charge in [0.1, 0.15) is 0 Å². The highest BCUT2D eigenvalue weighted by Crippen LogP contribution is 2.33. The van der Waals surface area contributed by atoms with Crippen LogP contribution in [-0.4, -0.2) is 12.3 Å². The van der Waals surface area contributed by atoms with Gasteiger partial charge in [-0.25, -0.2) is 0 Å². The van der Waals surface area contributed by atoms with Gasteiger partial charge in [0.05, 0.1) is 0 Å². The van der Waals surface area contributed by atoms with Crippen molar-refractivity contribution in [3.8, 4) is 0 Å². The van der Waals surface area contributed by atoms with Crippen molar-refractivity contribution >= 4 is 13.2 Å². The zero-order chi connectivity index (χ0) is 9.52. The zero-order valence-corrected chi connectivity index (χ0v) is 8.71. The average Bonchev–Trinajstić information content (AvgIpc) is 2.19. The van der Waals surface area contributed by atoms with Crippen molar-refractivity contribution in [2.24, 2.45) is 0 Å². The molecular weight excluding hydrogens is 175 g/mol. The first-order valence-corrected chi connectivity index (χ1v) is 6.11. The lowest BCUT2D eigenvalue weighted by molar-refractivity contribution is 1.66. The van der Waals surface area contributed by atoms with Gasteiger partial charge in [0, 0.05) is 0 Å². The van der Waals surface area contributed by atoms with Crippen molar-refractivity contribution < 1.29 is 0 Å². The van der Waals surface area contributed by atoms with Gasteiger partial charge in [0.25, 0.3) is 0 Å². The average molecular weight is 190 g/mol. The summed E-state index contributed by atoms with van der Waals surface area (Å²) in [6, 6.07) is 10.6. The monoisotopic (exact) mass is 190 g/mol. The van der Waals surface area contributed by atoms with Crippen molar-refractivity contribution in [3.63, 3.8) is 0 Å². The van der Waals surface area contributed by atoms with Crippen LogP contribution in [0.15, 0.2) is 55.6 Å². The van der Waals surface area contributed by atoms with E-state index in [1.807, 2.05) is 12.2 Å². The molecule has 0 nitrogen and oxygen atoms in total. The summed E-state index contributed by atoms with van der Waals surface area (Å²) < 4.78 is 0. The minimum absolute atomic E-state index is 0.0921. The molecule has 0 amide bonds. The number of hydrogen-bond acceptors (Lipinski definition) is 0. The number of allylic oxidation sites excluding steroid dienone is 2. The van der Waals surface area contributed by atoms with E-state index in [2.05, 4.69) is 43.5 Å². The molecule has 1 rings (SSSR count). The fourth-order valence-corrected chi connectivity index (χ4v) is 3.02. The SMILES string of the molecule is C=CCP(CC=C)c1ccccc1. The van der Waals surface area contributed by atoms with Crippen LogP contribution >= 0.6 is 7.92 Å². The third-order valence-corrected chi connectivity index (χ3v) is 4.25. The molecule has 0 spiro atoms. The standard InChI is InChI=1S/C12H15P/c1-3-10-13(11-4-2)12-8-6-5-7-9-12/h3-9H,1-2,10-11H2. The topological polar surface area (TPSA) is 0 Å². The Labute approximate surface area is 81.7 Å². The van der Waals surface area contributed by atoms with Gasteiger partial charge in [-0.15, -0.1) is 13.2 Å². The van der Waals surface area contributed by atoms with Gasteiger partial charge >= 0.3 is 0 Å². The summed E-state index contributed by atoms with van der Waals surface area (Å²) in [6.07, 6.45) is 6.18. The van der Waals surface area contributed by atoms with Crippen LogP contribution in [0, 0.1) is 0 Å². The summed E-state index contributed by atoms with van der Waals surface area (Å²) in [7, 11) is -0.0921. The molecule has 0 aliphatic carbocycles. The quantitative estimate of drug-likeness (QED) is 0.494. The predicted molar refractivity (Wildman–Crippen MR) is 63.1 cm³/mol. The van der Waals surface area contributed by atoms with Crippen LogP contribution in [-0.2, 0) is 0 Å². The van der Waals surface area contributed by atoms with Crippen molar-refractivity contribution in [2.75, 3.05) is 12.3 Å². The van der Waals surface area contributed by atoms with E-state index in [1.165, 1.54) is 5.30 Å². The Hall–Kier alpha value is -0.870. The van der Waals surface area contributed by atoms with Crippen LogP contribution in [0.25, 0.3) is 0 Å². The van der Waals surface area contributed by atoms with Crippen LogP contribution in [0.3, 0.4) is 0 Å². The van der Waals surface area contributed by atoms with E-state index in [4.69, 9.17) is 0 Å². The molecule has 1 aromatic rings. The maximum atomic E-state index is 3.79. The summed E-state index contributed by atoms with van der Waals surface area (Å²) in [6.45, 7) is 7.58. The highest BCUT2D eigenvalue weighted by Gasteiger charge is 2.05. The normalized spacial score (nSPS) is 9.92. The molecule has 13 heavy (non-hydrogen) atoms. The largest absolute Gasteiger partial charge is 0.103 e. The molecule has 0 fully saturated rings. The molecule has 0 radical (unpaired) electrons. The van der Waals surface area contributed by atoms with Crippen LogP contribution in [0.1, 0.15) is 0 Å². The molecule has 1 aromatic carbocycles. The van der Waals surface area contributed by atoms with E-state index in [9.17, 15) is 0 Å². The Morgan fingerprint density at radius 1 is 1.00 bits per heavy atom. The smallest absolute Gasteiger partial charge is 0.0104 e. The first-order chi connectivity index (χ1) is 6.38. The van der Waals surface area contributed by atoms with E-state index in [1.54, 1.807) is 0 Å². The zero-order valence-electron chi connectivity index (χ0n) is 7.82. The van der Waals surface area contributed by atoms with Crippen molar-refractivity contribution in [2.45, 2.75) is 0 Å². The molecule has 0 heterocycles. The van der Waals surface area contributed by atoms with Crippen LogP contribution in [0.2, 0.25) is 0 Å². The van der Waals surface area contributed by atoms with Crippen LogP contribution < -0.4 is 5.30 Å². The van der Waals surface area contributed by atoms with Gasteiger partial charge in [-0.05, 0) is 17.6 Å². The Kier molecular flexibility index (Phi) is 4.49. The lowest BCUT2D eigenvalue weighted by Gasteiger charge is -2.13. The van der Waals surface area contributed by atoms with Crippen LogP contribution in [0.4, 0.5) is 0 Å². The van der Waals surface area contributed by atoms with Crippen molar-refractivity contribution in [1.29, 1.82) is 0 Å². The molecule has 0 bridgehead atoms. The molecule has 1 heteroatoms. The van der Waals surface area contributed by atoms with Crippen LogP contribution in [0.5, 0.6) is 0 Å². The summed E-state index contributed by atoms with van der Waals surface area (Å²) >= 11 is 0. The molecule has 0 N–H and O–H groups in total. The molecule has 68 valence electrons. The fraction of sp³-hybridized carbons (Fsp3) is 0.167. The third-order valence-electron chi connectivity index (χ3n) is 1.82. The van der Waals surface area contributed by atoms with E-state index in [0.717, 1.165) is 12.3 Å². The molecule has 0 aliphatic heterocycles. The minimum Gasteiger partial charge on any atom is -0.103 e. The summed E-state index contributed by atoms with van der Waals surface area (Å²) in [4.78, 5) is 0. The summed E-state index contributed by atoms with van der Waals surface area (Å²) in [5.41, 5.74) is 0. The Balaban J connectivity index is 2.75. The Bertz CT molecular complexity index is 254. The maximum Gasteiger partial charge on any atom is -0.0104 e. The predicted octanol–water partition coefficient (Wildman–Crippen LogP) is 3.17.